The van der Waals surface area contributed by atoms with E-state index < -0.39 is 0 Å². The molecule has 0 amide bonds. The summed E-state index contributed by atoms with van der Waals surface area (Å²) in [5.41, 5.74) is 7.33. The lowest BCUT2D eigenvalue weighted by Gasteiger charge is -2.24. The lowest BCUT2D eigenvalue weighted by atomic mass is 9.98. The third-order valence-corrected chi connectivity index (χ3v) is 6.12. The molecule has 0 bridgehead atoms. The van der Waals surface area contributed by atoms with Crippen LogP contribution in [0.25, 0.3) is 6.08 Å². The quantitative estimate of drug-likeness (QED) is 0.233. The highest BCUT2D eigenvalue weighted by molar-refractivity contribution is 6.07. The third-order valence-electron chi connectivity index (χ3n) is 6.12. The number of hydrogen-bond donors (Lipinski definition) is 0. The first-order chi connectivity index (χ1) is 16.7. The SMILES string of the molecule is Cc1ccc(C(=O)/C=C/c2ccc(N3N=C(c4ccccc4)C[C@H]3c3ccccc3)cc2)cc1. The van der Waals surface area contributed by atoms with E-state index >= 15 is 0 Å². The van der Waals surface area contributed by atoms with Crippen LogP contribution in [0.5, 0.6) is 0 Å². The molecule has 0 saturated carbocycles. The molecule has 1 heterocycles. The van der Waals surface area contributed by atoms with E-state index in [9.17, 15) is 4.79 Å². The molecular formula is C31H26N2O. The van der Waals surface area contributed by atoms with Crippen LogP contribution < -0.4 is 5.01 Å². The van der Waals surface area contributed by atoms with Crippen LogP contribution in [0.15, 0.2) is 120 Å². The molecule has 166 valence electrons. The number of hydrazone groups is 1. The fraction of sp³-hybridized carbons (Fsp3) is 0.0968. The minimum absolute atomic E-state index is 0.00450. The number of rotatable bonds is 6. The monoisotopic (exact) mass is 442 g/mol. The van der Waals surface area contributed by atoms with Crippen molar-refractivity contribution in [1.82, 2.24) is 0 Å². The molecule has 0 fully saturated rings. The molecule has 4 aromatic carbocycles. The molecule has 0 unspecified atom stereocenters. The number of hydrogen-bond acceptors (Lipinski definition) is 3. The van der Waals surface area contributed by atoms with E-state index in [4.69, 9.17) is 5.10 Å². The van der Waals surface area contributed by atoms with Gasteiger partial charge in [-0.25, -0.2) is 0 Å². The van der Waals surface area contributed by atoms with Gasteiger partial charge in [0, 0.05) is 12.0 Å². The Labute approximate surface area is 200 Å². The van der Waals surface area contributed by atoms with Gasteiger partial charge in [-0.2, -0.15) is 5.10 Å². The number of carbonyl (C=O) groups is 1. The Morgan fingerprint density at radius 2 is 1.47 bits per heavy atom. The van der Waals surface area contributed by atoms with Crippen molar-refractivity contribution in [2.75, 3.05) is 5.01 Å². The van der Waals surface area contributed by atoms with Crippen molar-refractivity contribution < 1.29 is 4.79 Å². The molecule has 1 aliphatic heterocycles. The second-order valence-corrected chi connectivity index (χ2v) is 8.54. The molecular weight excluding hydrogens is 416 g/mol. The second-order valence-electron chi connectivity index (χ2n) is 8.54. The van der Waals surface area contributed by atoms with Crippen molar-refractivity contribution in [2.24, 2.45) is 5.10 Å². The van der Waals surface area contributed by atoms with Gasteiger partial charge in [-0.15, -0.1) is 0 Å². The Balaban J connectivity index is 1.39. The maximum Gasteiger partial charge on any atom is 0.185 e. The number of ketones is 1. The lowest BCUT2D eigenvalue weighted by Crippen LogP contribution is -2.18. The van der Waals surface area contributed by atoms with Crippen molar-refractivity contribution in [3.63, 3.8) is 0 Å². The van der Waals surface area contributed by atoms with Crippen LogP contribution in [-0.2, 0) is 0 Å². The van der Waals surface area contributed by atoms with Gasteiger partial charge in [0.25, 0.3) is 0 Å². The van der Waals surface area contributed by atoms with Gasteiger partial charge >= 0.3 is 0 Å². The fourth-order valence-electron chi connectivity index (χ4n) is 4.21. The van der Waals surface area contributed by atoms with Gasteiger partial charge in [-0.3, -0.25) is 9.80 Å². The summed E-state index contributed by atoms with van der Waals surface area (Å²) >= 11 is 0. The number of aryl methyl sites for hydroxylation is 1. The van der Waals surface area contributed by atoms with Gasteiger partial charge < -0.3 is 0 Å². The molecule has 4 aromatic rings. The Morgan fingerprint density at radius 1 is 0.824 bits per heavy atom. The van der Waals surface area contributed by atoms with Gasteiger partial charge in [-0.1, -0.05) is 109 Å². The molecule has 0 saturated heterocycles. The van der Waals surface area contributed by atoms with Crippen LogP contribution in [-0.4, -0.2) is 11.5 Å². The van der Waals surface area contributed by atoms with E-state index in [-0.39, 0.29) is 11.8 Å². The zero-order valence-corrected chi connectivity index (χ0v) is 19.1. The van der Waals surface area contributed by atoms with Crippen molar-refractivity contribution in [3.8, 4) is 0 Å². The second kappa shape index (κ2) is 9.72. The van der Waals surface area contributed by atoms with Crippen molar-refractivity contribution in [3.05, 3.63) is 143 Å². The predicted molar refractivity (Wildman–Crippen MR) is 140 cm³/mol. The normalized spacial score (nSPS) is 15.5. The molecule has 0 N–H and O–H groups in total. The molecule has 0 radical (unpaired) electrons. The Kier molecular flexibility index (Phi) is 6.17. The molecule has 3 heteroatoms. The number of carbonyl (C=O) groups excluding carboxylic acids is 1. The number of nitrogens with zero attached hydrogens (tertiary/aromatic N) is 2. The van der Waals surface area contributed by atoms with Crippen LogP contribution >= 0.6 is 0 Å². The van der Waals surface area contributed by atoms with Crippen molar-refractivity contribution in [2.45, 2.75) is 19.4 Å². The fourth-order valence-corrected chi connectivity index (χ4v) is 4.21. The van der Waals surface area contributed by atoms with E-state index in [1.54, 1.807) is 6.08 Å². The van der Waals surface area contributed by atoms with Gasteiger partial charge in [-0.05, 0) is 41.8 Å². The maximum atomic E-state index is 12.5. The minimum atomic E-state index is 0.00450. The minimum Gasteiger partial charge on any atom is -0.289 e. The topological polar surface area (TPSA) is 32.7 Å². The summed E-state index contributed by atoms with van der Waals surface area (Å²) in [6, 6.07) is 36.9. The molecule has 1 aliphatic rings. The van der Waals surface area contributed by atoms with Crippen LogP contribution in [0.3, 0.4) is 0 Å². The molecule has 1 atom stereocenters. The van der Waals surface area contributed by atoms with Crippen LogP contribution in [0.1, 0.15) is 45.1 Å². The Hall–Kier alpha value is -4.24. The van der Waals surface area contributed by atoms with Gasteiger partial charge in [0.2, 0.25) is 0 Å². The smallest absolute Gasteiger partial charge is 0.185 e. The molecule has 0 spiro atoms. The highest BCUT2D eigenvalue weighted by atomic mass is 16.1. The van der Waals surface area contributed by atoms with Crippen molar-refractivity contribution >= 4 is 23.3 Å². The summed E-state index contributed by atoms with van der Waals surface area (Å²) in [5, 5.41) is 7.13. The molecule has 0 aliphatic carbocycles. The van der Waals surface area contributed by atoms with Gasteiger partial charge in [0.15, 0.2) is 5.78 Å². The first kappa shape index (κ1) is 21.6. The first-order valence-electron chi connectivity index (χ1n) is 11.5. The number of anilines is 1. The zero-order chi connectivity index (χ0) is 23.3. The Bertz CT molecular complexity index is 1320. The van der Waals surface area contributed by atoms with Crippen LogP contribution in [0, 0.1) is 6.92 Å². The molecule has 5 rings (SSSR count). The predicted octanol–water partition coefficient (Wildman–Crippen LogP) is 7.25. The summed E-state index contributed by atoms with van der Waals surface area (Å²) < 4.78 is 0. The molecule has 0 aromatic heterocycles. The van der Waals surface area contributed by atoms with Crippen molar-refractivity contribution in [1.29, 1.82) is 0 Å². The summed E-state index contributed by atoms with van der Waals surface area (Å²) in [4.78, 5) is 12.5. The van der Waals surface area contributed by atoms with Crippen LogP contribution in [0.4, 0.5) is 5.69 Å². The average Bonchev–Trinajstić information content (AvgIpc) is 3.35. The largest absolute Gasteiger partial charge is 0.289 e. The van der Waals surface area contributed by atoms with E-state index in [1.165, 1.54) is 5.56 Å². The third kappa shape index (κ3) is 4.74. The highest BCUT2D eigenvalue weighted by Crippen LogP contribution is 2.36. The summed E-state index contributed by atoms with van der Waals surface area (Å²) in [5.74, 6) is 0.00450. The summed E-state index contributed by atoms with van der Waals surface area (Å²) in [7, 11) is 0. The average molecular weight is 443 g/mol. The zero-order valence-electron chi connectivity index (χ0n) is 19.1. The number of allylic oxidation sites excluding steroid dienone is 1. The first-order valence-corrected chi connectivity index (χ1v) is 11.5. The van der Waals surface area contributed by atoms with E-state index in [2.05, 4.69) is 65.7 Å². The van der Waals surface area contributed by atoms with Gasteiger partial charge in [0.1, 0.15) is 0 Å². The standard InChI is InChI=1S/C31H26N2O/c1-23-12-17-27(18-13-23)31(34)21-16-24-14-19-28(20-15-24)33-30(26-10-6-3-7-11-26)22-29(32-33)25-8-4-2-5-9-25/h2-21,30H,22H2,1H3/b21-16+/t30-/m0/s1. The highest BCUT2D eigenvalue weighted by Gasteiger charge is 2.29. The summed E-state index contributed by atoms with van der Waals surface area (Å²) in [6.45, 7) is 2.02. The molecule has 3 nitrogen and oxygen atoms in total. The van der Waals surface area contributed by atoms with Gasteiger partial charge in [0.05, 0.1) is 17.4 Å². The van der Waals surface area contributed by atoms with E-state index in [1.807, 2.05) is 61.5 Å². The maximum absolute atomic E-state index is 12.5. The number of benzene rings is 4. The molecule has 34 heavy (non-hydrogen) atoms. The summed E-state index contributed by atoms with van der Waals surface area (Å²) in [6.07, 6.45) is 4.35. The Morgan fingerprint density at radius 3 is 2.15 bits per heavy atom. The van der Waals surface area contributed by atoms with E-state index in [0.717, 1.165) is 34.5 Å². The van der Waals surface area contributed by atoms with Crippen LogP contribution in [0.2, 0.25) is 0 Å². The lowest BCUT2D eigenvalue weighted by molar-refractivity contribution is 0.104. The van der Waals surface area contributed by atoms with E-state index in [0.29, 0.717) is 5.56 Å².